The zero-order valence-corrected chi connectivity index (χ0v) is 12.6. The van der Waals surface area contributed by atoms with E-state index >= 15 is 0 Å². The number of nitrogens with zero attached hydrogens (tertiary/aromatic N) is 1. The largest absolute Gasteiger partial charge is 0.479 e. The second-order valence-corrected chi connectivity index (χ2v) is 7.08. The van der Waals surface area contributed by atoms with E-state index in [0.29, 0.717) is 13.2 Å². The van der Waals surface area contributed by atoms with Crippen molar-refractivity contribution in [1.82, 2.24) is 4.90 Å². The molecule has 0 aromatic rings. The fraction of sp³-hybridized carbons (Fsp3) is 0.857. The van der Waals surface area contributed by atoms with Gasteiger partial charge in [-0.3, -0.25) is 0 Å². The van der Waals surface area contributed by atoms with Crippen molar-refractivity contribution in [3.8, 4) is 0 Å². The number of alkyl halides is 1. The number of hydrogen-bond donors (Lipinski definition) is 1. The molecule has 1 spiro atoms. The molecule has 7 heteroatoms. The van der Waals surface area contributed by atoms with Crippen LogP contribution < -0.4 is 0 Å². The van der Waals surface area contributed by atoms with Crippen molar-refractivity contribution >= 4 is 12.1 Å². The maximum Gasteiger partial charge on any atom is 0.410 e. The average molecular weight is 303 g/mol. The van der Waals surface area contributed by atoms with Crippen molar-refractivity contribution in [1.29, 1.82) is 0 Å². The normalized spacial score (nSPS) is 33.2. The molecule has 0 atom stereocenters. The van der Waals surface area contributed by atoms with Crippen LogP contribution in [0.3, 0.4) is 0 Å². The van der Waals surface area contributed by atoms with Gasteiger partial charge in [-0.05, 0) is 20.8 Å². The highest BCUT2D eigenvalue weighted by atomic mass is 19.1. The first-order valence-electron chi connectivity index (χ1n) is 7.03. The van der Waals surface area contributed by atoms with Crippen LogP contribution in [-0.2, 0) is 14.3 Å². The van der Waals surface area contributed by atoms with E-state index < -0.39 is 28.7 Å². The fourth-order valence-corrected chi connectivity index (χ4v) is 2.98. The van der Waals surface area contributed by atoms with E-state index in [-0.39, 0.29) is 26.0 Å². The number of rotatable bonds is 1. The van der Waals surface area contributed by atoms with Gasteiger partial charge in [-0.15, -0.1) is 0 Å². The summed E-state index contributed by atoms with van der Waals surface area (Å²) in [5, 5.41) is 8.88. The van der Waals surface area contributed by atoms with Crippen LogP contribution in [0, 0.1) is 5.41 Å². The number of carbonyl (C=O) groups is 2. The lowest BCUT2D eigenvalue weighted by Gasteiger charge is -2.49. The zero-order valence-electron chi connectivity index (χ0n) is 12.6. The standard InChI is InChI=1S/C14H22FNO5/c1-12(2,3)21-11(19)16-4-5-20-9-13(8-16)6-14(15,7-13)10(17)18/h4-9H2,1-3H3,(H,17,18). The Bertz CT molecular complexity index is 439. The van der Waals surface area contributed by atoms with E-state index in [2.05, 4.69) is 0 Å². The van der Waals surface area contributed by atoms with E-state index in [0.717, 1.165) is 0 Å². The van der Waals surface area contributed by atoms with Crippen molar-refractivity contribution in [2.75, 3.05) is 26.3 Å². The molecule has 1 saturated heterocycles. The monoisotopic (exact) mass is 303 g/mol. The van der Waals surface area contributed by atoms with Gasteiger partial charge in [0.2, 0.25) is 5.67 Å². The number of ether oxygens (including phenoxy) is 2. The Balaban J connectivity index is 2.03. The van der Waals surface area contributed by atoms with E-state index in [1.54, 1.807) is 20.8 Å². The Labute approximate surface area is 123 Å². The highest BCUT2D eigenvalue weighted by Crippen LogP contribution is 2.52. The van der Waals surface area contributed by atoms with E-state index in [1.807, 2.05) is 0 Å². The van der Waals surface area contributed by atoms with Crippen LogP contribution in [-0.4, -0.2) is 59.6 Å². The summed E-state index contributed by atoms with van der Waals surface area (Å²) >= 11 is 0. The van der Waals surface area contributed by atoms with Crippen LogP contribution in [0.4, 0.5) is 9.18 Å². The molecule has 1 N–H and O–H groups in total. The number of halogens is 1. The van der Waals surface area contributed by atoms with Gasteiger partial charge in [-0.2, -0.15) is 0 Å². The minimum absolute atomic E-state index is 0.130. The molecule has 21 heavy (non-hydrogen) atoms. The first-order valence-corrected chi connectivity index (χ1v) is 7.03. The van der Waals surface area contributed by atoms with E-state index in [1.165, 1.54) is 4.90 Å². The van der Waals surface area contributed by atoms with Gasteiger partial charge in [0.05, 0.1) is 13.2 Å². The second-order valence-electron chi connectivity index (χ2n) is 7.08. The number of carboxylic acids is 1. The maximum atomic E-state index is 14.0. The van der Waals surface area contributed by atoms with Crippen LogP contribution >= 0.6 is 0 Å². The molecule has 0 unspecified atom stereocenters. The molecule has 0 radical (unpaired) electrons. The zero-order chi connectivity index (χ0) is 15.9. The van der Waals surface area contributed by atoms with Gasteiger partial charge in [0, 0.05) is 31.3 Å². The molecular weight excluding hydrogens is 281 g/mol. The SMILES string of the molecule is CC(C)(C)OC(=O)N1CCOCC2(C1)CC(F)(C(=O)O)C2. The number of carboxylic acid groups (broad SMARTS) is 1. The first-order chi connectivity index (χ1) is 9.55. The maximum absolute atomic E-state index is 14.0. The summed E-state index contributed by atoms with van der Waals surface area (Å²) in [6.07, 6.45) is -0.734. The number of hydrogen-bond acceptors (Lipinski definition) is 4. The molecule has 1 amide bonds. The minimum Gasteiger partial charge on any atom is -0.479 e. The quantitative estimate of drug-likeness (QED) is 0.799. The molecule has 2 aliphatic rings. The smallest absolute Gasteiger partial charge is 0.410 e. The molecule has 0 aromatic heterocycles. The summed E-state index contributed by atoms with van der Waals surface area (Å²) in [6, 6.07) is 0. The van der Waals surface area contributed by atoms with Crippen molar-refractivity contribution in [2.24, 2.45) is 5.41 Å². The van der Waals surface area contributed by atoms with Crippen LogP contribution in [0.25, 0.3) is 0 Å². The highest BCUT2D eigenvalue weighted by Gasteiger charge is 2.61. The third-order valence-electron chi connectivity index (χ3n) is 3.79. The number of amides is 1. The molecule has 2 fully saturated rings. The lowest BCUT2D eigenvalue weighted by atomic mass is 9.60. The van der Waals surface area contributed by atoms with Gasteiger partial charge < -0.3 is 19.5 Å². The van der Waals surface area contributed by atoms with Gasteiger partial charge in [0.25, 0.3) is 0 Å². The highest BCUT2D eigenvalue weighted by molar-refractivity contribution is 5.79. The Hall–Kier alpha value is -1.37. The Morgan fingerprint density at radius 3 is 2.48 bits per heavy atom. The van der Waals surface area contributed by atoms with Crippen LogP contribution in [0.1, 0.15) is 33.6 Å². The second kappa shape index (κ2) is 5.12. The first kappa shape index (κ1) is 16.0. The van der Waals surface area contributed by atoms with Gasteiger partial charge in [-0.1, -0.05) is 0 Å². The molecule has 120 valence electrons. The lowest BCUT2D eigenvalue weighted by Crippen LogP contribution is -2.59. The summed E-state index contributed by atoms with van der Waals surface area (Å²) < 4.78 is 24.7. The number of carbonyl (C=O) groups excluding carboxylic acids is 1. The van der Waals surface area contributed by atoms with Crippen LogP contribution in [0.5, 0.6) is 0 Å². The summed E-state index contributed by atoms with van der Waals surface area (Å²) in [6.45, 7) is 6.56. The lowest BCUT2D eigenvalue weighted by molar-refractivity contribution is -0.175. The van der Waals surface area contributed by atoms with Crippen molar-refractivity contribution in [3.63, 3.8) is 0 Å². The fourth-order valence-electron chi connectivity index (χ4n) is 2.98. The van der Waals surface area contributed by atoms with Gasteiger partial charge >= 0.3 is 12.1 Å². The predicted octanol–water partition coefficient (Wildman–Crippen LogP) is 1.83. The Kier molecular flexibility index (Phi) is 3.90. The van der Waals surface area contributed by atoms with Crippen molar-refractivity contribution in [3.05, 3.63) is 0 Å². The van der Waals surface area contributed by atoms with Gasteiger partial charge in [0.15, 0.2) is 0 Å². The van der Waals surface area contributed by atoms with Crippen LogP contribution in [0.15, 0.2) is 0 Å². The topological polar surface area (TPSA) is 76.1 Å². The van der Waals surface area contributed by atoms with Gasteiger partial charge in [0.1, 0.15) is 5.60 Å². The molecule has 1 aliphatic carbocycles. The van der Waals surface area contributed by atoms with Gasteiger partial charge in [-0.25, -0.2) is 14.0 Å². The summed E-state index contributed by atoms with van der Waals surface area (Å²) in [7, 11) is 0. The number of aliphatic carboxylic acids is 1. The van der Waals surface area contributed by atoms with Crippen LogP contribution in [0.2, 0.25) is 0 Å². The third-order valence-corrected chi connectivity index (χ3v) is 3.79. The molecule has 6 nitrogen and oxygen atoms in total. The summed E-state index contributed by atoms with van der Waals surface area (Å²) in [4.78, 5) is 24.5. The van der Waals surface area contributed by atoms with E-state index in [9.17, 15) is 14.0 Å². The molecule has 1 saturated carbocycles. The summed E-state index contributed by atoms with van der Waals surface area (Å²) in [5.74, 6) is -1.44. The average Bonchev–Trinajstić information content (AvgIpc) is 2.48. The molecule has 1 heterocycles. The Morgan fingerprint density at radius 2 is 1.95 bits per heavy atom. The van der Waals surface area contributed by atoms with E-state index in [4.69, 9.17) is 14.6 Å². The molecular formula is C14H22FNO5. The molecule has 0 aromatic carbocycles. The predicted molar refractivity (Wildman–Crippen MR) is 71.8 cm³/mol. The van der Waals surface area contributed by atoms with Crippen molar-refractivity contribution < 1.29 is 28.6 Å². The Morgan fingerprint density at radius 1 is 1.33 bits per heavy atom. The third kappa shape index (κ3) is 3.45. The molecule has 1 aliphatic heterocycles. The molecule has 2 rings (SSSR count). The summed E-state index contributed by atoms with van der Waals surface area (Å²) in [5.41, 5.74) is -3.43. The molecule has 0 bridgehead atoms. The minimum atomic E-state index is -2.20. The van der Waals surface area contributed by atoms with Crippen molar-refractivity contribution in [2.45, 2.75) is 44.9 Å².